The van der Waals surface area contributed by atoms with Gasteiger partial charge in [0.05, 0.1) is 11.3 Å². The molecule has 0 aliphatic heterocycles. The molecule has 2 rings (SSSR count). The van der Waals surface area contributed by atoms with Crippen molar-refractivity contribution in [3.63, 3.8) is 0 Å². The van der Waals surface area contributed by atoms with E-state index in [1.54, 1.807) is 30.6 Å². The molecule has 74 valence electrons. The second-order valence-electron chi connectivity index (χ2n) is 2.94. The summed E-state index contributed by atoms with van der Waals surface area (Å²) < 4.78 is 0. The zero-order valence-corrected chi connectivity index (χ0v) is 7.79. The van der Waals surface area contributed by atoms with Crippen LogP contribution >= 0.6 is 0 Å². The molecule has 2 aromatic rings. The van der Waals surface area contributed by atoms with Gasteiger partial charge in [0.2, 0.25) is 0 Å². The fraction of sp³-hybridized carbons (Fsp3) is 0. The minimum Gasteiger partial charge on any atom is -0.478 e. The molecule has 0 aromatic carbocycles. The Morgan fingerprint density at radius 2 is 2.07 bits per heavy atom. The van der Waals surface area contributed by atoms with Crippen LogP contribution in [0.4, 0.5) is 0 Å². The van der Waals surface area contributed by atoms with Crippen molar-refractivity contribution in [2.45, 2.75) is 0 Å². The molecule has 0 bridgehead atoms. The van der Waals surface area contributed by atoms with Crippen molar-refractivity contribution < 1.29 is 9.90 Å². The SMILES string of the molecule is O=C(O)c1cnccc1-c1ccccn1. The van der Waals surface area contributed by atoms with E-state index in [2.05, 4.69) is 9.97 Å². The fourth-order valence-electron chi connectivity index (χ4n) is 1.31. The molecule has 0 saturated heterocycles. The topological polar surface area (TPSA) is 63.1 Å². The highest BCUT2D eigenvalue weighted by Crippen LogP contribution is 2.19. The molecule has 4 heteroatoms. The summed E-state index contributed by atoms with van der Waals surface area (Å²) in [5.74, 6) is -0.997. The number of aromatic nitrogens is 2. The number of rotatable bonds is 2. The largest absolute Gasteiger partial charge is 0.478 e. The van der Waals surface area contributed by atoms with Crippen LogP contribution in [0.1, 0.15) is 10.4 Å². The van der Waals surface area contributed by atoms with Crippen LogP contribution in [0.3, 0.4) is 0 Å². The van der Waals surface area contributed by atoms with Crippen LogP contribution in [0.5, 0.6) is 0 Å². The monoisotopic (exact) mass is 200 g/mol. The molecule has 0 aliphatic carbocycles. The van der Waals surface area contributed by atoms with Crippen LogP contribution in [0.15, 0.2) is 42.9 Å². The predicted octanol–water partition coefficient (Wildman–Crippen LogP) is 1.84. The fourth-order valence-corrected chi connectivity index (χ4v) is 1.31. The van der Waals surface area contributed by atoms with Crippen molar-refractivity contribution in [2.75, 3.05) is 0 Å². The van der Waals surface area contributed by atoms with Crippen molar-refractivity contribution in [1.29, 1.82) is 0 Å². The zero-order chi connectivity index (χ0) is 10.7. The van der Waals surface area contributed by atoms with Crippen LogP contribution in [-0.2, 0) is 0 Å². The van der Waals surface area contributed by atoms with Crippen molar-refractivity contribution in [3.05, 3.63) is 48.4 Å². The smallest absolute Gasteiger partial charge is 0.337 e. The van der Waals surface area contributed by atoms with Gasteiger partial charge in [0.15, 0.2) is 0 Å². The maximum atomic E-state index is 10.9. The van der Waals surface area contributed by atoms with Gasteiger partial charge in [0.25, 0.3) is 0 Å². The van der Waals surface area contributed by atoms with E-state index in [4.69, 9.17) is 5.11 Å². The third kappa shape index (κ3) is 1.83. The van der Waals surface area contributed by atoms with E-state index in [9.17, 15) is 4.79 Å². The number of hydrogen-bond acceptors (Lipinski definition) is 3. The summed E-state index contributed by atoms with van der Waals surface area (Å²) in [7, 11) is 0. The van der Waals surface area contributed by atoms with Gasteiger partial charge >= 0.3 is 5.97 Å². The molecule has 0 spiro atoms. The molecule has 2 heterocycles. The van der Waals surface area contributed by atoms with Crippen molar-refractivity contribution >= 4 is 5.97 Å². The Morgan fingerprint density at radius 3 is 2.73 bits per heavy atom. The average molecular weight is 200 g/mol. The lowest BCUT2D eigenvalue weighted by Gasteiger charge is -2.03. The molecule has 2 aromatic heterocycles. The summed E-state index contributed by atoms with van der Waals surface area (Å²) in [5.41, 5.74) is 1.38. The van der Waals surface area contributed by atoms with E-state index >= 15 is 0 Å². The zero-order valence-electron chi connectivity index (χ0n) is 7.79. The number of hydrogen-bond donors (Lipinski definition) is 1. The summed E-state index contributed by atoms with van der Waals surface area (Å²) in [6.45, 7) is 0. The second-order valence-corrected chi connectivity index (χ2v) is 2.94. The molecule has 0 radical (unpaired) electrons. The minimum atomic E-state index is -0.997. The third-order valence-corrected chi connectivity index (χ3v) is 1.99. The molecule has 4 nitrogen and oxygen atoms in total. The van der Waals surface area contributed by atoms with Gasteiger partial charge in [-0.1, -0.05) is 6.07 Å². The lowest BCUT2D eigenvalue weighted by atomic mass is 10.1. The molecular formula is C11H8N2O2. The number of pyridine rings is 2. The summed E-state index contributed by atoms with van der Waals surface area (Å²) in [4.78, 5) is 18.8. The van der Waals surface area contributed by atoms with Gasteiger partial charge in [-0.15, -0.1) is 0 Å². The first-order chi connectivity index (χ1) is 7.29. The van der Waals surface area contributed by atoms with Crippen LogP contribution in [0.2, 0.25) is 0 Å². The molecule has 0 saturated carbocycles. The first kappa shape index (κ1) is 9.33. The van der Waals surface area contributed by atoms with Crippen LogP contribution < -0.4 is 0 Å². The van der Waals surface area contributed by atoms with Gasteiger partial charge in [0.1, 0.15) is 0 Å². The van der Waals surface area contributed by atoms with Crippen molar-refractivity contribution in [3.8, 4) is 11.3 Å². The molecule has 0 atom stereocenters. The Hall–Kier alpha value is -2.23. The van der Waals surface area contributed by atoms with Gasteiger partial charge < -0.3 is 5.11 Å². The molecule has 0 amide bonds. The predicted molar refractivity (Wildman–Crippen MR) is 54.4 cm³/mol. The quantitative estimate of drug-likeness (QED) is 0.803. The first-order valence-corrected chi connectivity index (χ1v) is 4.38. The van der Waals surface area contributed by atoms with E-state index in [-0.39, 0.29) is 5.56 Å². The molecule has 0 fully saturated rings. The number of carboxylic acids is 1. The maximum absolute atomic E-state index is 10.9. The van der Waals surface area contributed by atoms with Crippen molar-refractivity contribution in [2.24, 2.45) is 0 Å². The number of carboxylic acid groups (broad SMARTS) is 1. The highest BCUT2D eigenvalue weighted by Gasteiger charge is 2.11. The Kier molecular flexibility index (Phi) is 2.41. The van der Waals surface area contributed by atoms with Gasteiger partial charge in [-0.05, 0) is 18.2 Å². The minimum absolute atomic E-state index is 0.163. The summed E-state index contributed by atoms with van der Waals surface area (Å²) in [5, 5.41) is 8.96. The summed E-state index contributed by atoms with van der Waals surface area (Å²) >= 11 is 0. The number of carbonyl (C=O) groups is 1. The number of aromatic carboxylic acids is 1. The lowest BCUT2D eigenvalue weighted by molar-refractivity contribution is 0.0697. The normalized spacial score (nSPS) is 9.87. The van der Waals surface area contributed by atoms with Crippen LogP contribution in [0.25, 0.3) is 11.3 Å². The molecular weight excluding hydrogens is 192 g/mol. The Morgan fingerprint density at radius 1 is 1.20 bits per heavy atom. The van der Waals surface area contributed by atoms with Crippen molar-refractivity contribution in [1.82, 2.24) is 9.97 Å². The van der Waals surface area contributed by atoms with Gasteiger partial charge in [0, 0.05) is 24.2 Å². The Balaban J connectivity index is 2.58. The van der Waals surface area contributed by atoms with Crippen LogP contribution in [-0.4, -0.2) is 21.0 Å². The highest BCUT2D eigenvalue weighted by molar-refractivity contribution is 5.94. The van der Waals surface area contributed by atoms with Gasteiger partial charge in [-0.3, -0.25) is 9.97 Å². The average Bonchev–Trinajstić information content (AvgIpc) is 2.30. The standard InChI is InChI=1S/C11H8N2O2/c14-11(15)9-7-12-6-4-8(9)10-3-1-2-5-13-10/h1-7H,(H,14,15). The highest BCUT2D eigenvalue weighted by atomic mass is 16.4. The van der Waals surface area contributed by atoms with Gasteiger partial charge in [-0.2, -0.15) is 0 Å². The van der Waals surface area contributed by atoms with Crippen LogP contribution in [0, 0.1) is 0 Å². The van der Waals surface area contributed by atoms with E-state index < -0.39 is 5.97 Å². The first-order valence-electron chi connectivity index (χ1n) is 4.38. The summed E-state index contributed by atoms with van der Waals surface area (Å²) in [6.07, 6.45) is 4.50. The Bertz CT molecular complexity index is 483. The van der Waals surface area contributed by atoms with E-state index in [1.807, 2.05) is 6.07 Å². The van der Waals surface area contributed by atoms with E-state index in [0.717, 1.165) is 0 Å². The lowest BCUT2D eigenvalue weighted by Crippen LogP contribution is -2.00. The maximum Gasteiger partial charge on any atom is 0.337 e. The molecule has 0 unspecified atom stereocenters. The van der Waals surface area contributed by atoms with E-state index in [0.29, 0.717) is 11.3 Å². The summed E-state index contributed by atoms with van der Waals surface area (Å²) in [6, 6.07) is 7.01. The van der Waals surface area contributed by atoms with E-state index in [1.165, 1.54) is 6.20 Å². The molecule has 1 N–H and O–H groups in total. The Labute approximate surface area is 86.2 Å². The van der Waals surface area contributed by atoms with Gasteiger partial charge in [-0.25, -0.2) is 4.79 Å². The third-order valence-electron chi connectivity index (χ3n) is 1.99. The second kappa shape index (κ2) is 3.88. The number of nitrogens with zero attached hydrogens (tertiary/aromatic N) is 2. The molecule has 15 heavy (non-hydrogen) atoms. The molecule has 0 aliphatic rings.